The minimum atomic E-state index is 0. The smallest absolute Gasteiger partial charge is 0.0849 e. The van der Waals surface area contributed by atoms with Crippen LogP contribution in [0.3, 0.4) is 0 Å². The zero-order valence-corrected chi connectivity index (χ0v) is 8.83. The van der Waals surface area contributed by atoms with Crippen LogP contribution in [0.1, 0.15) is 5.56 Å². The lowest BCUT2D eigenvalue weighted by atomic mass is 10.1. The second-order valence-corrected chi connectivity index (χ2v) is 3.26. The van der Waals surface area contributed by atoms with Crippen molar-refractivity contribution < 1.29 is 9.47 Å². The van der Waals surface area contributed by atoms with E-state index in [9.17, 15) is 0 Å². The van der Waals surface area contributed by atoms with E-state index in [1.165, 1.54) is 5.56 Å². The summed E-state index contributed by atoms with van der Waals surface area (Å²) in [6.07, 6.45) is 1.21. The van der Waals surface area contributed by atoms with Crippen molar-refractivity contribution in [2.45, 2.75) is 12.5 Å². The maximum absolute atomic E-state index is 5.56. The molecule has 1 unspecified atom stereocenters. The summed E-state index contributed by atoms with van der Waals surface area (Å²) in [6, 6.07) is 10.4. The molecule has 0 bridgehead atoms. The van der Waals surface area contributed by atoms with Crippen LogP contribution in [0.5, 0.6) is 0 Å². The SMILES string of the molecule is Cl.c1ccc(CC2COCCO2)cc1. The van der Waals surface area contributed by atoms with Crippen molar-refractivity contribution in [3.8, 4) is 0 Å². The number of ether oxygens (including phenoxy) is 2. The average Bonchev–Trinajstić information content (AvgIpc) is 2.21. The van der Waals surface area contributed by atoms with Gasteiger partial charge in [0, 0.05) is 6.42 Å². The van der Waals surface area contributed by atoms with Gasteiger partial charge in [-0.05, 0) is 5.56 Å². The number of halogens is 1. The minimum absolute atomic E-state index is 0. The van der Waals surface area contributed by atoms with Crippen molar-refractivity contribution >= 4 is 12.4 Å². The monoisotopic (exact) mass is 214 g/mol. The molecular formula is C11H15ClO2. The van der Waals surface area contributed by atoms with Gasteiger partial charge in [-0.15, -0.1) is 12.4 Å². The first kappa shape index (κ1) is 11.5. The highest BCUT2D eigenvalue weighted by Gasteiger charge is 2.14. The van der Waals surface area contributed by atoms with E-state index in [2.05, 4.69) is 24.3 Å². The molecule has 0 aliphatic carbocycles. The van der Waals surface area contributed by atoms with Gasteiger partial charge in [0.05, 0.1) is 25.9 Å². The first-order valence-electron chi connectivity index (χ1n) is 4.68. The summed E-state index contributed by atoms with van der Waals surface area (Å²) in [5, 5.41) is 0. The van der Waals surface area contributed by atoms with Gasteiger partial charge in [-0.2, -0.15) is 0 Å². The van der Waals surface area contributed by atoms with Crippen LogP contribution in [0.25, 0.3) is 0 Å². The minimum Gasteiger partial charge on any atom is -0.376 e. The summed E-state index contributed by atoms with van der Waals surface area (Å²) in [4.78, 5) is 0. The first-order valence-corrected chi connectivity index (χ1v) is 4.68. The van der Waals surface area contributed by atoms with Crippen LogP contribution in [0.2, 0.25) is 0 Å². The summed E-state index contributed by atoms with van der Waals surface area (Å²) in [7, 11) is 0. The van der Waals surface area contributed by atoms with E-state index in [4.69, 9.17) is 9.47 Å². The van der Waals surface area contributed by atoms with Gasteiger partial charge in [0.2, 0.25) is 0 Å². The van der Waals surface area contributed by atoms with Crippen LogP contribution >= 0.6 is 12.4 Å². The van der Waals surface area contributed by atoms with E-state index in [1.54, 1.807) is 0 Å². The quantitative estimate of drug-likeness (QED) is 0.751. The number of rotatable bonds is 2. The molecule has 1 aromatic carbocycles. The third-order valence-electron chi connectivity index (χ3n) is 2.19. The topological polar surface area (TPSA) is 18.5 Å². The maximum Gasteiger partial charge on any atom is 0.0849 e. The molecule has 0 radical (unpaired) electrons. The molecule has 1 heterocycles. The predicted octanol–water partition coefficient (Wildman–Crippen LogP) is 2.07. The average molecular weight is 215 g/mol. The Kier molecular flexibility index (Phi) is 4.94. The summed E-state index contributed by atoms with van der Waals surface area (Å²) >= 11 is 0. The molecule has 1 aliphatic rings. The highest BCUT2D eigenvalue weighted by molar-refractivity contribution is 5.85. The molecule has 2 rings (SSSR count). The molecule has 0 N–H and O–H groups in total. The van der Waals surface area contributed by atoms with E-state index in [1.807, 2.05) is 6.07 Å². The van der Waals surface area contributed by atoms with Crippen LogP contribution in [-0.4, -0.2) is 25.9 Å². The zero-order chi connectivity index (χ0) is 8.93. The van der Waals surface area contributed by atoms with Crippen molar-refractivity contribution in [3.05, 3.63) is 35.9 Å². The van der Waals surface area contributed by atoms with Crippen LogP contribution in [-0.2, 0) is 15.9 Å². The zero-order valence-electron chi connectivity index (χ0n) is 8.02. The molecular weight excluding hydrogens is 200 g/mol. The molecule has 0 aromatic heterocycles. The first-order chi connectivity index (χ1) is 6.45. The van der Waals surface area contributed by atoms with Gasteiger partial charge in [-0.1, -0.05) is 30.3 Å². The lowest BCUT2D eigenvalue weighted by molar-refractivity contribution is -0.0872. The Morgan fingerprint density at radius 2 is 1.93 bits per heavy atom. The summed E-state index contributed by atoms with van der Waals surface area (Å²) < 4.78 is 10.9. The van der Waals surface area contributed by atoms with Crippen LogP contribution < -0.4 is 0 Å². The Balaban J connectivity index is 0.000000980. The molecule has 1 saturated heterocycles. The molecule has 1 fully saturated rings. The third kappa shape index (κ3) is 3.29. The van der Waals surface area contributed by atoms with Crippen molar-refractivity contribution in [1.82, 2.24) is 0 Å². The second-order valence-electron chi connectivity index (χ2n) is 3.26. The second kappa shape index (κ2) is 6.02. The molecule has 0 saturated carbocycles. The molecule has 1 aromatic rings. The van der Waals surface area contributed by atoms with E-state index in [-0.39, 0.29) is 18.5 Å². The third-order valence-corrected chi connectivity index (χ3v) is 2.19. The molecule has 3 heteroatoms. The van der Waals surface area contributed by atoms with Gasteiger partial charge in [-0.25, -0.2) is 0 Å². The van der Waals surface area contributed by atoms with E-state index < -0.39 is 0 Å². The van der Waals surface area contributed by atoms with Gasteiger partial charge in [0.25, 0.3) is 0 Å². The molecule has 1 atom stereocenters. The molecule has 0 amide bonds. The van der Waals surface area contributed by atoms with Crippen molar-refractivity contribution in [1.29, 1.82) is 0 Å². The summed E-state index contributed by atoms with van der Waals surface area (Å²) in [5.74, 6) is 0. The highest BCUT2D eigenvalue weighted by Crippen LogP contribution is 2.08. The number of hydrogen-bond acceptors (Lipinski definition) is 2. The molecule has 2 nitrogen and oxygen atoms in total. The Bertz CT molecular complexity index is 245. The van der Waals surface area contributed by atoms with Gasteiger partial charge >= 0.3 is 0 Å². The Morgan fingerprint density at radius 1 is 1.14 bits per heavy atom. The van der Waals surface area contributed by atoms with E-state index in [0.29, 0.717) is 0 Å². The molecule has 14 heavy (non-hydrogen) atoms. The summed E-state index contributed by atoms with van der Waals surface area (Å²) in [5.41, 5.74) is 1.32. The van der Waals surface area contributed by atoms with Gasteiger partial charge < -0.3 is 9.47 Å². The van der Waals surface area contributed by atoms with Crippen molar-refractivity contribution in [2.75, 3.05) is 19.8 Å². The van der Waals surface area contributed by atoms with Crippen LogP contribution in [0.4, 0.5) is 0 Å². The Morgan fingerprint density at radius 3 is 2.57 bits per heavy atom. The van der Waals surface area contributed by atoms with Gasteiger partial charge in [0.1, 0.15) is 0 Å². The number of benzene rings is 1. The van der Waals surface area contributed by atoms with Crippen molar-refractivity contribution in [3.63, 3.8) is 0 Å². The number of hydrogen-bond donors (Lipinski definition) is 0. The highest BCUT2D eigenvalue weighted by atomic mass is 35.5. The van der Waals surface area contributed by atoms with Crippen LogP contribution in [0, 0.1) is 0 Å². The Hall–Kier alpha value is -0.570. The predicted molar refractivity (Wildman–Crippen MR) is 58.0 cm³/mol. The standard InChI is InChI=1S/C11H14O2.ClH/c1-2-4-10(5-3-1)8-11-9-12-6-7-13-11;/h1-5,11H,6-9H2;1H. The lowest BCUT2D eigenvalue weighted by Gasteiger charge is -2.22. The van der Waals surface area contributed by atoms with Gasteiger partial charge in [0.15, 0.2) is 0 Å². The maximum atomic E-state index is 5.56. The van der Waals surface area contributed by atoms with Crippen LogP contribution in [0.15, 0.2) is 30.3 Å². The van der Waals surface area contributed by atoms with E-state index in [0.717, 1.165) is 26.2 Å². The summed E-state index contributed by atoms with van der Waals surface area (Å²) in [6.45, 7) is 2.21. The Labute approximate surface area is 90.6 Å². The van der Waals surface area contributed by atoms with E-state index >= 15 is 0 Å². The van der Waals surface area contributed by atoms with Crippen molar-refractivity contribution in [2.24, 2.45) is 0 Å². The fourth-order valence-corrected chi connectivity index (χ4v) is 1.53. The lowest BCUT2D eigenvalue weighted by Crippen LogP contribution is -2.30. The largest absolute Gasteiger partial charge is 0.376 e. The fraction of sp³-hybridized carbons (Fsp3) is 0.455. The molecule has 0 spiro atoms. The normalized spacial score (nSPS) is 21.3. The molecule has 78 valence electrons. The van der Waals surface area contributed by atoms with Gasteiger partial charge in [-0.3, -0.25) is 0 Å². The molecule has 1 aliphatic heterocycles. The fourth-order valence-electron chi connectivity index (χ4n) is 1.53.